The number of aliphatic hydroxyl groups excluding tert-OH is 1. The second kappa shape index (κ2) is 5.37. The van der Waals surface area contributed by atoms with Gasteiger partial charge < -0.3 is 10.4 Å². The molecule has 13 heavy (non-hydrogen) atoms. The number of hydrogen-bond donors (Lipinski definition) is 2. The van der Waals surface area contributed by atoms with Crippen LogP contribution < -0.4 is 5.32 Å². The second-order valence-electron chi connectivity index (χ2n) is 3.14. The van der Waals surface area contributed by atoms with Crippen molar-refractivity contribution < 1.29 is 5.11 Å². The summed E-state index contributed by atoms with van der Waals surface area (Å²) in [4.78, 5) is 2.67. The van der Waals surface area contributed by atoms with E-state index >= 15 is 0 Å². The molecule has 2 nitrogen and oxygen atoms in total. The molecule has 0 aliphatic heterocycles. The SMILES string of the molecule is CCc1ccc(CC(O)CNC)s1. The fraction of sp³-hybridized carbons (Fsp3) is 0.600. The Labute approximate surface area is 83.6 Å². The standard InChI is InChI=1S/C10H17NOS/c1-3-9-4-5-10(13-9)6-8(12)7-11-2/h4-5,8,11-12H,3,6-7H2,1-2H3. The Morgan fingerprint density at radius 3 is 2.69 bits per heavy atom. The average Bonchev–Trinajstić information content (AvgIpc) is 2.52. The fourth-order valence-electron chi connectivity index (χ4n) is 1.26. The molecule has 0 amide bonds. The molecular formula is C10H17NOS. The van der Waals surface area contributed by atoms with Gasteiger partial charge in [-0.05, 0) is 25.6 Å². The van der Waals surface area contributed by atoms with E-state index in [4.69, 9.17) is 0 Å². The third-order valence-electron chi connectivity index (χ3n) is 1.94. The highest BCUT2D eigenvalue weighted by atomic mass is 32.1. The maximum absolute atomic E-state index is 9.53. The third-order valence-corrected chi connectivity index (χ3v) is 3.19. The van der Waals surface area contributed by atoms with Crippen LogP contribution >= 0.6 is 11.3 Å². The van der Waals surface area contributed by atoms with Crippen molar-refractivity contribution in [2.24, 2.45) is 0 Å². The van der Waals surface area contributed by atoms with Gasteiger partial charge in [-0.15, -0.1) is 11.3 Å². The first kappa shape index (κ1) is 10.7. The zero-order valence-electron chi connectivity index (χ0n) is 8.21. The second-order valence-corrected chi connectivity index (χ2v) is 4.39. The number of aryl methyl sites for hydroxylation is 1. The summed E-state index contributed by atoms with van der Waals surface area (Å²) in [6.45, 7) is 2.82. The minimum atomic E-state index is -0.256. The van der Waals surface area contributed by atoms with E-state index in [-0.39, 0.29) is 6.10 Å². The Morgan fingerprint density at radius 1 is 1.46 bits per heavy atom. The van der Waals surface area contributed by atoms with Crippen LogP contribution in [0.25, 0.3) is 0 Å². The monoisotopic (exact) mass is 199 g/mol. The number of thiophene rings is 1. The normalized spacial score (nSPS) is 13.2. The molecule has 0 radical (unpaired) electrons. The van der Waals surface area contributed by atoms with Crippen molar-refractivity contribution in [3.63, 3.8) is 0 Å². The van der Waals surface area contributed by atoms with Gasteiger partial charge in [-0.25, -0.2) is 0 Å². The topological polar surface area (TPSA) is 32.3 Å². The van der Waals surface area contributed by atoms with Crippen LogP contribution in [0.2, 0.25) is 0 Å². The Balaban J connectivity index is 2.44. The van der Waals surface area contributed by atoms with E-state index in [1.807, 2.05) is 7.05 Å². The van der Waals surface area contributed by atoms with Crippen LogP contribution in [0.15, 0.2) is 12.1 Å². The van der Waals surface area contributed by atoms with Gasteiger partial charge in [-0.3, -0.25) is 0 Å². The molecule has 1 rings (SSSR count). The van der Waals surface area contributed by atoms with Crippen LogP contribution in [0, 0.1) is 0 Å². The molecule has 0 bridgehead atoms. The lowest BCUT2D eigenvalue weighted by atomic mass is 10.2. The van der Waals surface area contributed by atoms with Crippen LogP contribution in [-0.2, 0) is 12.8 Å². The van der Waals surface area contributed by atoms with Crippen LogP contribution in [0.1, 0.15) is 16.7 Å². The highest BCUT2D eigenvalue weighted by Gasteiger charge is 2.05. The van der Waals surface area contributed by atoms with Gasteiger partial charge in [-0.2, -0.15) is 0 Å². The van der Waals surface area contributed by atoms with Gasteiger partial charge in [0.2, 0.25) is 0 Å². The van der Waals surface area contributed by atoms with E-state index in [1.54, 1.807) is 11.3 Å². The van der Waals surface area contributed by atoms with E-state index < -0.39 is 0 Å². The van der Waals surface area contributed by atoms with E-state index in [1.165, 1.54) is 9.75 Å². The van der Waals surface area contributed by atoms with Gasteiger partial charge in [-0.1, -0.05) is 6.92 Å². The average molecular weight is 199 g/mol. The minimum Gasteiger partial charge on any atom is -0.391 e. The molecule has 0 aromatic carbocycles. The zero-order valence-corrected chi connectivity index (χ0v) is 9.03. The third kappa shape index (κ3) is 3.46. The van der Waals surface area contributed by atoms with Crippen molar-refractivity contribution in [1.82, 2.24) is 5.32 Å². The van der Waals surface area contributed by atoms with Crippen molar-refractivity contribution in [3.8, 4) is 0 Å². The molecule has 0 aliphatic carbocycles. The molecule has 1 aromatic rings. The van der Waals surface area contributed by atoms with Crippen LogP contribution in [0.5, 0.6) is 0 Å². The molecule has 0 aliphatic rings. The Bertz CT molecular complexity index is 247. The maximum atomic E-state index is 9.53. The van der Waals surface area contributed by atoms with Gasteiger partial charge >= 0.3 is 0 Å². The molecule has 0 saturated heterocycles. The van der Waals surface area contributed by atoms with Crippen LogP contribution in [-0.4, -0.2) is 24.8 Å². The summed E-state index contributed by atoms with van der Waals surface area (Å²) in [6, 6.07) is 4.26. The number of aliphatic hydroxyl groups is 1. The summed E-state index contributed by atoms with van der Waals surface area (Å²) in [5.74, 6) is 0. The predicted octanol–water partition coefficient (Wildman–Crippen LogP) is 1.43. The minimum absolute atomic E-state index is 0.256. The first-order valence-corrected chi connectivity index (χ1v) is 5.48. The van der Waals surface area contributed by atoms with Crippen molar-refractivity contribution in [3.05, 3.63) is 21.9 Å². The zero-order chi connectivity index (χ0) is 9.68. The first-order valence-electron chi connectivity index (χ1n) is 4.66. The van der Waals surface area contributed by atoms with Gasteiger partial charge in [0.15, 0.2) is 0 Å². The Hall–Kier alpha value is -0.380. The number of rotatable bonds is 5. The van der Waals surface area contributed by atoms with Crippen LogP contribution in [0.3, 0.4) is 0 Å². The molecule has 0 spiro atoms. The van der Waals surface area contributed by atoms with Gasteiger partial charge in [0, 0.05) is 22.7 Å². The fourth-order valence-corrected chi connectivity index (χ4v) is 2.29. The van der Waals surface area contributed by atoms with Crippen molar-refractivity contribution >= 4 is 11.3 Å². The summed E-state index contributed by atoms with van der Waals surface area (Å²) < 4.78 is 0. The summed E-state index contributed by atoms with van der Waals surface area (Å²) in [5, 5.41) is 12.5. The molecular weight excluding hydrogens is 182 g/mol. The van der Waals surface area contributed by atoms with Crippen molar-refractivity contribution in [1.29, 1.82) is 0 Å². The summed E-state index contributed by atoms with van der Waals surface area (Å²) in [5.41, 5.74) is 0. The van der Waals surface area contributed by atoms with E-state index in [2.05, 4.69) is 24.4 Å². The molecule has 1 heterocycles. The predicted molar refractivity (Wildman–Crippen MR) is 57.3 cm³/mol. The number of likely N-dealkylation sites (N-methyl/N-ethyl adjacent to an activating group) is 1. The van der Waals surface area contributed by atoms with Gasteiger partial charge in [0.1, 0.15) is 0 Å². The highest BCUT2D eigenvalue weighted by Crippen LogP contribution is 2.18. The van der Waals surface area contributed by atoms with E-state index in [9.17, 15) is 5.11 Å². The van der Waals surface area contributed by atoms with E-state index in [0.717, 1.165) is 12.8 Å². The molecule has 2 N–H and O–H groups in total. The maximum Gasteiger partial charge on any atom is 0.0712 e. The lowest BCUT2D eigenvalue weighted by Crippen LogP contribution is -2.24. The summed E-state index contributed by atoms with van der Waals surface area (Å²) in [6.07, 6.45) is 1.60. The Morgan fingerprint density at radius 2 is 2.15 bits per heavy atom. The quantitative estimate of drug-likeness (QED) is 0.752. The molecule has 3 heteroatoms. The molecule has 1 atom stereocenters. The molecule has 1 unspecified atom stereocenters. The molecule has 1 aromatic heterocycles. The lowest BCUT2D eigenvalue weighted by molar-refractivity contribution is 0.175. The van der Waals surface area contributed by atoms with Gasteiger partial charge in [0.25, 0.3) is 0 Å². The first-order chi connectivity index (χ1) is 6.26. The summed E-state index contributed by atoms with van der Waals surface area (Å²) in [7, 11) is 1.86. The Kier molecular flexibility index (Phi) is 4.42. The van der Waals surface area contributed by atoms with Gasteiger partial charge in [0.05, 0.1) is 6.10 Å². The molecule has 74 valence electrons. The highest BCUT2D eigenvalue weighted by molar-refractivity contribution is 7.11. The molecule has 0 saturated carbocycles. The molecule has 0 fully saturated rings. The van der Waals surface area contributed by atoms with E-state index in [0.29, 0.717) is 6.54 Å². The lowest BCUT2D eigenvalue weighted by Gasteiger charge is -2.07. The van der Waals surface area contributed by atoms with Crippen molar-refractivity contribution in [2.75, 3.05) is 13.6 Å². The summed E-state index contributed by atoms with van der Waals surface area (Å²) >= 11 is 1.80. The largest absolute Gasteiger partial charge is 0.391 e. The van der Waals surface area contributed by atoms with Crippen LogP contribution in [0.4, 0.5) is 0 Å². The van der Waals surface area contributed by atoms with Crippen molar-refractivity contribution in [2.45, 2.75) is 25.9 Å². The number of nitrogens with one attached hydrogen (secondary N) is 1. The smallest absolute Gasteiger partial charge is 0.0712 e. The number of hydrogen-bond acceptors (Lipinski definition) is 3.